The molecule has 1 saturated carbocycles. The minimum absolute atomic E-state index is 0.222. The molecule has 0 amide bonds. The van der Waals surface area contributed by atoms with E-state index in [-0.39, 0.29) is 18.4 Å². The van der Waals surface area contributed by atoms with E-state index in [2.05, 4.69) is 49.4 Å². The molecule has 0 radical (unpaired) electrons. The van der Waals surface area contributed by atoms with E-state index in [4.69, 9.17) is 5.11 Å². The van der Waals surface area contributed by atoms with Crippen LogP contribution in [0, 0.1) is 24.7 Å². The Morgan fingerprint density at radius 1 is 1.26 bits per heavy atom. The predicted molar refractivity (Wildman–Crippen MR) is 109 cm³/mol. The van der Waals surface area contributed by atoms with Gasteiger partial charge in [0.25, 0.3) is 0 Å². The molecule has 2 aliphatic carbocycles. The van der Waals surface area contributed by atoms with Crippen LogP contribution in [0.3, 0.4) is 0 Å². The average molecular weight is 369 g/mol. The summed E-state index contributed by atoms with van der Waals surface area (Å²) in [6.45, 7) is 2.13. The van der Waals surface area contributed by atoms with Crippen LogP contribution in [0.5, 0.6) is 0 Å². The van der Waals surface area contributed by atoms with Crippen molar-refractivity contribution in [3.05, 3.63) is 59.2 Å². The van der Waals surface area contributed by atoms with Gasteiger partial charge in [0.1, 0.15) is 0 Å². The molecule has 0 bridgehead atoms. The first-order chi connectivity index (χ1) is 13.0. The summed E-state index contributed by atoms with van der Waals surface area (Å²) in [6.07, 6.45) is 13.7. The highest BCUT2D eigenvalue weighted by molar-refractivity contribution is 5.66. The van der Waals surface area contributed by atoms with E-state index in [1.807, 2.05) is 0 Å². The van der Waals surface area contributed by atoms with Crippen molar-refractivity contribution >= 4 is 5.97 Å². The Balaban J connectivity index is 1.46. The van der Waals surface area contributed by atoms with Gasteiger partial charge in [0, 0.05) is 12.3 Å². The molecule has 3 heteroatoms. The van der Waals surface area contributed by atoms with E-state index >= 15 is 0 Å². The lowest BCUT2D eigenvalue weighted by Gasteiger charge is -2.18. The van der Waals surface area contributed by atoms with Gasteiger partial charge in [-0.3, -0.25) is 4.79 Å². The lowest BCUT2D eigenvalue weighted by molar-refractivity contribution is -0.137. The lowest BCUT2D eigenvalue weighted by Crippen LogP contribution is -2.17. The number of carboxylic acid groups (broad SMARTS) is 1. The number of unbranched alkanes of at least 4 members (excludes halogenated alkanes) is 1. The van der Waals surface area contributed by atoms with Crippen molar-refractivity contribution in [3.8, 4) is 0 Å². The van der Waals surface area contributed by atoms with E-state index in [0.29, 0.717) is 11.8 Å². The third-order valence-corrected chi connectivity index (χ3v) is 6.13. The molecule has 3 rings (SSSR count). The highest BCUT2D eigenvalue weighted by Gasteiger charge is 2.42. The Bertz CT molecular complexity index is 703. The molecule has 27 heavy (non-hydrogen) atoms. The largest absolute Gasteiger partial charge is 0.481 e. The number of aliphatic hydroxyl groups is 1. The van der Waals surface area contributed by atoms with Crippen molar-refractivity contribution in [3.63, 3.8) is 0 Å². The van der Waals surface area contributed by atoms with Gasteiger partial charge in [0.05, 0.1) is 6.10 Å². The van der Waals surface area contributed by atoms with Gasteiger partial charge in [-0.25, -0.2) is 0 Å². The summed E-state index contributed by atoms with van der Waals surface area (Å²) in [6, 6.07) is 8.66. The molecule has 0 spiro atoms. The number of allylic oxidation sites excluding steroid dienone is 3. The number of rotatable bonds is 9. The summed E-state index contributed by atoms with van der Waals surface area (Å²) < 4.78 is 0. The maximum Gasteiger partial charge on any atom is 0.303 e. The monoisotopic (exact) mass is 368 g/mol. The van der Waals surface area contributed by atoms with E-state index in [9.17, 15) is 9.90 Å². The Hall–Kier alpha value is -1.87. The normalized spacial score (nSPS) is 27.1. The number of hydrogen-bond acceptors (Lipinski definition) is 2. The van der Waals surface area contributed by atoms with Gasteiger partial charge < -0.3 is 10.2 Å². The number of aryl methyl sites for hydroxylation is 2. The van der Waals surface area contributed by atoms with E-state index < -0.39 is 5.97 Å². The van der Waals surface area contributed by atoms with Gasteiger partial charge >= 0.3 is 5.97 Å². The third-order valence-electron chi connectivity index (χ3n) is 6.13. The zero-order valence-electron chi connectivity index (χ0n) is 16.3. The van der Waals surface area contributed by atoms with Crippen molar-refractivity contribution in [2.45, 2.75) is 64.4 Å². The van der Waals surface area contributed by atoms with Crippen molar-refractivity contribution < 1.29 is 15.0 Å². The zero-order valence-corrected chi connectivity index (χ0v) is 16.3. The minimum Gasteiger partial charge on any atom is -0.481 e. The molecular weight excluding hydrogens is 336 g/mol. The molecule has 0 aliphatic heterocycles. The summed E-state index contributed by atoms with van der Waals surface area (Å²) in [5.74, 6) is 0.595. The van der Waals surface area contributed by atoms with Crippen LogP contribution in [0.15, 0.2) is 48.1 Å². The third kappa shape index (κ3) is 5.55. The highest BCUT2D eigenvalue weighted by atomic mass is 16.4. The smallest absolute Gasteiger partial charge is 0.303 e. The maximum absolute atomic E-state index is 10.6. The molecule has 0 heterocycles. The Kier molecular flexibility index (Phi) is 6.89. The lowest BCUT2D eigenvalue weighted by atomic mass is 9.88. The van der Waals surface area contributed by atoms with Crippen molar-refractivity contribution in [1.29, 1.82) is 0 Å². The van der Waals surface area contributed by atoms with E-state index in [1.54, 1.807) is 0 Å². The number of aliphatic hydroxyl groups excluding tert-OH is 1. The topological polar surface area (TPSA) is 57.5 Å². The Morgan fingerprint density at radius 2 is 2.11 bits per heavy atom. The predicted octanol–water partition coefficient (Wildman–Crippen LogP) is 5.07. The molecule has 1 aromatic rings. The van der Waals surface area contributed by atoms with Crippen LogP contribution in [0.25, 0.3) is 0 Å². The summed E-state index contributed by atoms with van der Waals surface area (Å²) in [5, 5.41) is 19.2. The number of carbonyl (C=O) groups is 1. The summed E-state index contributed by atoms with van der Waals surface area (Å²) in [4.78, 5) is 10.6. The van der Waals surface area contributed by atoms with E-state index in [0.717, 1.165) is 44.9 Å². The first-order valence-electron chi connectivity index (χ1n) is 10.3. The number of aliphatic carboxylic acids is 1. The molecule has 4 unspecified atom stereocenters. The van der Waals surface area contributed by atoms with Gasteiger partial charge in [0.2, 0.25) is 0 Å². The van der Waals surface area contributed by atoms with Crippen LogP contribution in [0.4, 0.5) is 0 Å². The van der Waals surface area contributed by atoms with Gasteiger partial charge in [0.15, 0.2) is 0 Å². The second-order valence-corrected chi connectivity index (χ2v) is 8.29. The van der Waals surface area contributed by atoms with Gasteiger partial charge in [-0.05, 0) is 69.3 Å². The van der Waals surface area contributed by atoms with Crippen LogP contribution < -0.4 is 0 Å². The number of carboxylic acids is 1. The Morgan fingerprint density at radius 3 is 2.89 bits per heavy atom. The standard InChI is InChI=1S/C24H32O3/c1-17-7-6-10-18(13-17)8-2-4-11-21-22-15-19(9-3-5-12-24(26)27)14-20(22)16-23(21)25/h4,6-7,10-11,13-14,20-23,25H,2-3,5,8-9,12,15-16H2,1H3,(H,26,27)/b11-4+. The van der Waals surface area contributed by atoms with Crippen LogP contribution in [0.1, 0.15) is 56.1 Å². The zero-order chi connectivity index (χ0) is 19.2. The second-order valence-electron chi connectivity index (χ2n) is 8.29. The highest BCUT2D eigenvalue weighted by Crippen LogP contribution is 2.48. The van der Waals surface area contributed by atoms with Crippen LogP contribution in [0.2, 0.25) is 0 Å². The molecule has 1 aromatic carbocycles. The van der Waals surface area contributed by atoms with Crippen LogP contribution in [-0.2, 0) is 11.2 Å². The van der Waals surface area contributed by atoms with Crippen LogP contribution >= 0.6 is 0 Å². The van der Waals surface area contributed by atoms with Crippen molar-refractivity contribution in [2.75, 3.05) is 0 Å². The molecule has 0 aromatic heterocycles. The maximum atomic E-state index is 10.6. The quantitative estimate of drug-likeness (QED) is 0.472. The molecule has 2 aliphatic rings. The first-order valence-corrected chi connectivity index (χ1v) is 10.3. The number of benzene rings is 1. The number of hydrogen-bond donors (Lipinski definition) is 2. The molecule has 4 atom stereocenters. The van der Waals surface area contributed by atoms with Crippen molar-refractivity contribution in [1.82, 2.24) is 0 Å². The summed E-state index contributed by atoms with van der Waals surface area (Å²) >= 11 is 0. The molecule has 3 nitrogen and oxygen atoms in total. The number of fused-ring (bicyclic) bond motifs is 1. The first kappa shape index (κ1) is 19.9. The molecule has 2 N–H and O–H groups in total. The van der Waals surface area contributed by atoms with E-state index in [1.165, 1.54) is 16.7 Å². The SMILES string of the molecule is Cc1cccc(CC/C=C/C2C(O)CC3C=C(CCCCC(=O)O)CC32)c1. The second kappa shape index (κ2) is 9.36. The fourth-order valence-corrected chi connectivity index (χ4v) is 4.79. The minimum atomic E-state index is -0.703. The molecule has 1 fully saturated rings. The fraction of sp³-hybridized carbons (Fsp3) is 0.542. The summed E-state index contributed by atoms with van der Waals surface area (Å²) in [5.41, 5.74) is 4.15. The fourth-order valence-electron chi connectivity index (χ4n) is 4.79. The van der Waals surface area contributed by atoms with Gasteiger partial charge in [-0.15, -0.1) is 0 Å². The van der Waals surface area contributed by atoms with Gasteiger partial charge in [-0.1, -0.05) is 53.6 Å². The molecule has 146 valence electrons. The average Bonchev–Trinajstić information content (AvgIpc) is 3.13. The Labute approximate surface area is 162 Å². The molecular formula is C24H32O3. The van der Waals surface area contributed by atoms with Gasteiger partial charge in [-0.2, -0.15) is 0 Å². The van der Waals surface area contributed by atoms with Crippen LogP contribution in [-0.4, -0.2) is 22.3 Å². The van der Waals surface area contributed by atoms with Crippen molar-refractivity contribution in [2.24, 2.45) is 17.8 Å². The summed E-state index contributed by atoms with van der Waals surface area (Å²) in [7, 11) is 0. The molecule has 0 saturated heterocycles.